The fraction of sp³-hybridized carbons (Fsp3) is 0.379. The van der Waals surface area contributed by atoms with E-state index in [2.05, 4.69) is 25.7 Å². The van der Waals surface area contributed by atoms with Crippen molar-refractivity contribution in [3.63, 3.8) is 0 Å². The van der Waals surface area contributed by atoms with Crippen LogP contribution in [-0.4, -0.2) is 48.6 Å². The number of aliphatic hydroxyl groups is 1. The molecule has 1 amide bonds. The summed E-state index contributed by atoms with van der Waals surface area (Å²) < 4.78 is 17.8. The summed E-state index contributed by atoms with van der Waals surface area (Å²) >= 11 is 1.32. The molecule has 0 spiro atoms. The SMILES string of the molecule is Cn1nc(Nc2cc(-c3ccc(F)c(NC(=O)c4cc5c(s4)CC(C)(C)C5O)c3)nn(C)c2=O)cc1CN1CCC1. The molecule has 0 radical (unpaired) electrons. The molecule has 1 aliphatic carbocycles. The minimum absolute atomic E-state index is 0.00698. The Kier molecular flexibility index (Phi) is 6.79. The lowest BCUT2D eigenvalue weighted by molar-refractivity contribution is 0.0665. The first-order valence-corrected chi connectivity index (χ1v) is 14.3. The number of aliphatic hydroxyl groups excluding tert-OH is 1. The van der Waals surface area contributed by atoms with Gasteiger partial charge in [0.25, 0.3) is 11.5 Å². The van der Waals surface area contributed by atoms with Gasteiger partial charge in [0.15, 0.2) is 5.82 Å². The van der Waals surface area contributed by atoms with Crippen LogP contribution in [0.2, 0.25) is 0 Å². The summed E-state index contributed by atoms with van der Waals surface area (Å²) in [5.41, 5.74) is 2.38. The number of nitrogens with zero attached hydrogens (tertiary/aromatic N) is 5. The molecule has 0 bridgehead atoms. The number of likely N-dealkylation sites (tertiary alicyclic amines) is 1. The van der Waals surface area contributed by atoms with Gasteiger partial charge in [-0.2, -0.15) is 10.2 Å². The molecule has 2 aliphatic rings. The van der Waals surface area contributed by atoms with E-state index in [4.69, 9.17) is 0 Å². The van der Waals surface area contributed by atoms with Crippen LogP contribution in [0.4, 0.5) is 21.6 Å². The van der Waals surface area contributed by atoms with Gasteiger partial charge in [-0.1, -0.05) is 13.8 Å². The number of aryl methyl sites for hydroxylation is 2. The van der Waals surface area contributed by atoms with Crippen molar-refractivity contribution >= 4 is 34.4 Å². The number of anilines is 3. The van der Waals surface area contributed by atoms with Gasteiger partial charge in [-0.25, -0.2) is 9.07 Å². The third-order valence-corrected chi connectivity index (χ3v) is 9.01. The first-order valence-electron chi connectivity index (χ1n) is 13.5. The maximum absolute atomic E-state index is 14.8. The van der Waals surface area contributed by atoms with Crippen molar-refractivity contribution in [1.29, 1.82) is 0 Å². The summed E-state index contributed by atoms with van der Waals surface area (Å²) in [6.07, 6.45) is 1.23. The zero-order chi connectivity index (χ0) is 29.1. The Morgan fingerprint density at radius 3 is 2.61 bits per heavy atom. The van der Waals surface area contributed by atoms with E-state index in [1.807, 2.05) is 27.0 Å². The Morgan fingerprint density at radius 2 is 1.90 bits per heavy atom. The lowest BCUT2D eigenvalue weighted by Crippen LogP contribution is -2.36. The van der Waals surface area contributed by atoms with Gasteiger partial charge in [-0.15, -0.1) is 11.3 Å². The van der Waals surface area contributed by atoms with Crippen LogP contribution in [0.5, 0.6) is 0 Å². The molecular formula is C29H32FN7O3S. The maximum Gasteiger partial charge on any atom is 0.290 e. The molecule has 3 aromatic heterocycles. The summed E-state index contributed by atoms with van der Waals surface area (Å²) in [5, 5.41) is 25.2. The fourth-order valence-corrected chi connectivity index (χ4v) is 6.61. The van der Waals surface area contributed by atoms with Gasteiger partial charge in [-0.05, 0) is 67.2 Å². The molecule has 1 aromatic carbocycles. The highest BCUT2D eigenvalue weighted by atomic mass is 32.1. The molecule has 6 rings (SSSR count). The van der Waals surface area contributed by atoms with E-state index in [-0.39, 0.29) is 22.3 Å². The number of halogens is 1. The van der Waals surface area contributed by atoms with Crippen LogP contribution in [0.3, 0.4) is 0 Å². The zero-order valence-corrected chi connectivity index (χ0v) is 24.2. The number of rotatable bonds is 7. The Morgan fingerprint density at radius 1 is 1.12 bits per heavy atom. The molecule has 0 saturated carbocycles. The van der Waals surface area contributed by atoms with Gasteiger partial charge < -0.3 is 15.7 Å². The summed E-state index contributed by atoms with van der Waals surface area (Å²) in [6, 6.07) is 9.50. The highest BCUT2D eigenvalue weighted by molar-refractivity contribution is 7.14. The summed E-state index contributed by atoms with van der Waals surface area (Å²) in [5.74, 6) is -0.509. The monoisotopic (exact) mass is 577 g/mol. The topological polar surface area (TPSA) is 117 Å². The van der Waals surface area contributed by atoms with Gasteiger partial charge in [0, 0.05) is 37.1 Å². The van der Waals surface area contributed by atoms with E-state index < -0.39 is 17.8 Å². The maximum atomic E-state index is 14.8. The summed E-state index contributed by atoms with van der Waals surface area (Å²) in [7, 11) is 3.42. The van der Waals surface area contributed by atoms with Crippen molar-refractivity contribution in [2.45, 2.75) is 39.3 Å². The molecule has 4 heterocycles. The highest BCUT2D eigenvalue weighted by Crippen LogP contribution is 2.48. The van der Waals surface area contributed by atoms with Gasteiger partial charge in [0.1, 0.15) is 11.5 Å². The Balaban J connectivity index is 1.23. The van der Waals surface area contributed by atoms with Crippen molar-refractivity contribution < 1.29 is 14.3 Å². The second-order valence-electron chi connectivity index (χ2n) is 11.5. The van der Waals surface area contributed by atoms with Crippen molar-refractivity contribution in [2.75, 3.05) is 23.7 Å². The Hall–Kier alpha value is -3.87. The van der Waals surface area contributed by atoms with Gasteiger partial charge >= 0.3 is 0 Å². The third-order valence-electron chi connectivity index (χ3n) is 7.86. The zero-order valence-electron chi connectivity index (χ0n) is 23.4. The number of aromatic nitrogens is 4. The number of hydrogen-bond donors (Lipinski definition) is 3. The lowest BCUT2D eigenvalue weighted by Gasteiger charge is -2.30. The number of carbonyl (C=O) groups is 1. The van der Waals surface area contributed by atoms with E-state index in [1.54, 1.807) is 29.9 Å². The average molecular weight is 578 g/mol. The molecule has 12 heteroatoms. The molecular weight excluding hydrogens is 545 g/mol. The first kappa shape index (κ1) is 27.3. The Labute approximate surface area is 240 Å². The van der Waals surface area contributed by atoms with Gasteiger partial charge in [0.2, 0.25) is 0 Å². The number of fused-ring (bicyclic) bond motifs is 1. The number of nitrogens with one attached hydrogen (secondary N) is 2. The molecule has 1 saturated heterocycles. The van der Waals surface area contributed by atoms with Crippen molar-refractivity contribution in [3.8, 4) is 11.3 Å². The normalized spacial score (nSPS) is 17.8. The largest absolute Gasteiger partial charge is 0.388 e. The number of hydrogen-bond acceptors (Lipinski definition) is 8. The summed E-state index contributed by atoms with van der Waals surface area (Å²) in [4.78, 5) is 29.6. The number of amides is 1. The van der Waals surface area contributed by atoms with Crippen LogP contribution < -0.4 is 16.2 Å². The van der Waals surface area contributed by atoms with Crippen LogP contribution in [-0.2, 0) is 27.1 Å². The molecule has 1 aliphatic heterocycles. The predicted octanol–water partition coefficient (Wildman–Crippen LogP) is 4.20. The molecule has 1 unspecified atom stereocenters. The second kappa shape index (κ2) is 10.2. The molecule has 1 fully saturated rings. The standard InChI is InChI=1S/C29H32FN7O3S/c1-29(2)14-24-18(26(29)38)12-23(41-24)27(39)32-21-10-16(6-7-19(21)30)20-13-22(28(40)36(4)33-20)31-25-11-17(35(3)34-25)15-37-8-5-9-37/h6-7,10-13,26,38H,5,8-9,14-15H2,1-4H3,(H,31,34)(H,32,39). The van der Waals surface area contributed by atoms with E-state index in [0.717, 1.165) is 35.8 Å². The minimum Gasteiger partial charge on any atom is -0.388 e. The molecule has 214 valence electrons. The van der Waals surface area contributed by atoms with Crippen LogP contribution in [0.25, 0.3) is 11.3 Å². The van der Waals surface area contributed by atoms with Crippen molar-refractivity contribution in [1.82, 2.24) is 24.5 Å². The highest BCUT2D eigenvalue weighted by Gasteiger charge is 2.40. The minimum atomic E-state index is -0.646. The fourth-order valence-electron chi connectivity index (χ4n) is 5.28. The Bertz CT molecular complexity index is 1720. The smallest absolute Gasteiger partial charge is 0.290 e. The number of thiophene rings is 1. The van der Waals surface area contributed by atoms with Crippen LogP contribution in [0, 0.1) is 11.2 Å². The number of carbonyl (C=O) groups excluding carboxylic acids is 1. The second-order valence-corrected chi connectivity index (χ2v) is 12.6. The summed E-state index contributed by atoms with van der Waals surface area (Å²) in [6.45, 7) is 6.91. The van der Waals surface area contributed by atoms with Crippen LogP contribution >= 0.6 is 11.3 Å². The van der Waals surface area contributed by atoms with Crippen LogP contribution in [0.1, 0.15) is 52.2 Å². The van der Waals surface area contributed by atoms with E-state index >= 15 is 0 Å². The first-order chi connectivity index (χ1) is 19.5. The third kappa shape index (κ3) is 5.18. The van der Waals surface area contributed by atoms with Crippen LogP contribution in [0.15, 0.2) is 41.2 Å². The van der Waals surface area contributed by atoms with E-state index in [9.17, 15) is 19.1 Å². The van der Waals surface area contributed by atoms with E-state index in [1.165, 1.54) is 34.6 Å². The van der Waals surface area contributed by atoms with Gasteiger partial charge in [0.05, 0.1) is 28.1 Å². The quantitative estimate of drug-likeness (QED) is 0.301. The molecule has 3 N–H and O–H groups in total. The van der Waals surface area contributed by atoms with Crippen molar-refractivity contribution in [3.05, 3.63) is 73.6 Å². The predicted molar refractivity (Wildman–Crippen MR) is 156 cm³/mol. The lowest BCUT2D eigenvalue weighted by atomic mass is 9.88. The van der Waals surface area contributed by atoms with Gasteiger partial charge in [-0.3, -0.25) is 19.2 Å². The molecule has 41 heavy (non-hydrogen) atoms. The molecule has 4 aromatic rings. The molecule has 1 atom stereocenters. The van der Waals surface area contributed by atoms with Crippen molar-refractivity contribution in [2.24, 2.45) is 19.5 Å². The average Bonchev–Trinajstić information content (AvgIpc) is 3.52. The molecule has 10 nitrogen and oxygen atoms in total. The number of benzene rings is 1. The van der Waals surface area contributed by atoms with E-state index in [0.29, 0.717) is 28.4 Å².